The highest BCUT2D eigenvalue weighted by molar-refractivity contribution is 5.69. The van der Waals surface area contributed by atoms with E-state index in [-0.39, 0.29) is 6.09 Å². The first-order chi connectivity index (χ1) is 6.94. The summed E-state index contributed by atoms with van der Waals surface area (Å²) in [6, 6.07) is 0.291. The number of hydrogen-bond acceptors (Lipinski definition) is 3. The molecule has 0 radical (unpaired) electrons. The van der Waals surface area contributed by atoms with Crippen LogP contribution in [0.1, 0.15) is 40.0 Å². The van der Waals surface area contributed by atoms with E-state index in [1.54, 1.807) is 4.90 Å². The number of carbonyl (C=O) groups is 2. The molecule has 1 rings (SSSR count). The van der Waals surface area contributed by atoms with Gasteiger partial charge in [0, 0.05) is 19.0 Å². The van der Waals surface area contributed by atoms with Gasteiger partial charge >= 0.3 is 6.09 Å². The summed E-state index contributed by atoms with van der Waals surface area (Å²) in [5.74, 6) is 0. The predicted molar refractivity (Wildman–Crippen MR) is 56.6 cm³/mol. The van der Waals surface area contributed by atoms with E-state index in [9.17, 15) is 9.59 Å². The Morgan fingerprint density at radius 1 is 1.47 bits per heavy atom. The standard InChI is InChI=1S/C11H19NO3/c1-11(2,3)15-10(14)12(7-4-8-13)9-5-6-9/h8-9H,4-7H2,1-3H3. The van der Waals surface area contributed by atoms with Crippen LogP contribution in [-0.2, 0) is 9.53 Å². The van der Waals surface area contributed by atoms with Gasteiger partial charge in [0.2, 0.25) is 0 Å². The van der Waals surface area contributed by atoms with E-state index in [4.69, 9.17) is 4.74 Å². The summed E-state index contributed by atoms with van der Waals surface area (Å²) in [5, 5.41) is 0. The van der Waals surface area contributed by atoms with Crippen LogP contribution in [0.4, 0.5) is 4.79 Å². The minimum atomic E-state index is -0.467. The smallest absolute Gasteiger partial charge is 0.410 e. The second-order valence-electron chi connectivity index (χ2n) is 4.86. The number of carbonyl (C=O) groups excluding carboxylic acids is 2. The third kappa shape index (κ3) is 4.32. The molecule has 4 nitrogen and oxygen atoms in total. The van der Waals surface area contributed by atoms with Crippen molar-refractivity contribution in [2.75, 3.05) is 6.54 Å². The monoisotopic (exact) mass is 213 g/mol. The fourth-order valence-electron chi connectivity index (χ4n) is 1.32. The lowest BCUT2D eigenvalue weighted by Crippen LogP contribution is -2.38. The normalized spacial score (nSPS) is 15.9. The summed E-state index contributed by atoms with van der Waals surface area (Å²) in [5.41, 5.74) is -0.467. The van der Waals surface area contributed by atoms with Gasteiger partial charge in [-0.05, 0) is 33.6 Å². The minimum absolute atomic E-state index is 0.291. The first-order valence-electron chi connectivity index (χ1n) is 5.37. The maximum absolute atomic E-state index is 11.7. The van der Waals surface area contributed by atoms with Gasteiger partial charge in [-0.1, -0.05) is 0 Å². The Kier molecular flexibility index (Phi) is 3.72. The number of rotatable bonds is 4. The molecule has 15 heavy (non-hydrogen) atoms. The summed E-state index contributed by atoms with van der Waals surface area (Å²) in [6.45, 7) is 6.00. The molecule has 0 aliphatic heterocycles. The molecule has 0 bridgehead atoms. The fraction of sp³-hybridized carbons (Fsp3) is 0.818. The highest BCUT2D eigenvalue weighted by Gasteiger charge is 2.34. The third-order valence-corrected chi connectivity index (χ3v) is 2.10. The van der Waals surface area contributed by atoms with Crippen LogP contribution in [0.3, 0.4) is 0 Å². The summed E-state index contributed by atoms with van der Waals surface area (Å²) in [7, 11) is 0. The first kappa shape index (κ1) is 12.0. The number of aldehydes is 1. The molecule has 0 atom stereocenters. The fourth-order valence-corrected chi connectivity index (χ4v) is 1.32. The van der Waals surface area contributed by atoms with Crippen molar-refractivity contribution in [1.82, 2.24) is 4.90 Å². The minimum Gasteiger partial charge on any atom is -0.444 e. The van der Waals surface area contributed by atoms with Gasteiger partial charge in [0.1, 0.15) is 11.9 Å². The zero-order chi connectivity index (χ0) is 11.5. The zero-order valence-electron chi connectivity index (χ0n) is 9.66. The molecule has 1 aliphatic rings. The molecule has 1 amide bonds. The summed E-state index contributed by atoms with van der Waals surface area (Å²) in [4.78, 5) is 23.7. The molecule has 0 aromatic carbocycles. The second-order valence-corrected chi connectivity index (χ2v) is 4.86. The van der Waals surface area contributed by atoms with E-state index in [1.165, 1.54) is 0 Å². The molecule has 4 heteroatoms. The van der Waals surface area contributed by atoms with Gasteiger partial charge in [0.05, 0.1) is 0 Å². The molecule has 86 valence electrons. The summed E-state index contributed by atoms with van der Waals surface area (Å²) >= 11 is 0. The average Bonchev–Trinajstić information content (AvgIpc) is 2.85. The molecule has 0 aromatic heterocycles. The van der Waals surface area contributed by atoms with Crippen LogP contribution in [0, 0.1) is 0 Å². The highest BCUT2D eigenvalue weighted by atomic mass is 16.6. The predicted octanol–water partition coefficient (Wildman–Crippen LogP) is 1.97. The molecule has 1 fully saturated rings. The Hall–Kier alpha value is -1.06. The van der Waals surface area contributed by atoms with Gasteiger partial charge in [-0.3, -0.25) is 0 Å². The molecule has 0 saturated heterocycles. The van der Waals surface area contributed by atoms with Crippen LogP contribution >= 0.6 is 0 Å². The summed E-state index contributed by atoms with van der Waals surface area (Å²) < 4.78 is 5.27. The van der Waals surface area contributed by atoms with Crippen LogP contribution in [-0.4, -0.2) is 35.5 Å². The molecule has 1 aliphatic carbocycles. The lowest BCUT2D eigenvalue weighted by atomic mass is 10.2. The molecule has 0 spiro atoms. The topological polar surface area (TPSA) is 46.6 Å². The van der Waals surface area contributed by atoms with Crippen LogP contribution in [0.5, 0.6) is 0 Å². The molecule has 0 aromatic rings. The van der Waals surface area contributed by atoms with Crippen LogP contribution in [0.25, 0.3) is 0 Å². The van der Waals surface area contributed by atoms with Gasteiger partial charge in [0.25, 0.3) is 0 Å². The van der Waals surface area contributed by atoms with Crippen molar-refractivity contribution < 1.29 is 14.3 Å². The molecule has 0 heterocycles. The SMILES string of the molecule is CC(C)(C)OC(=O)N(CCC=O)C1CC1. The van der Waals surface area contributed by atoms with E-state index in [0.717, 1.165) is 19.1 Å². The number of hydrogen-bond donors (Lipinski definition) is 0. The Labute approximate surface area is 90.6 Å². The van der Waals surface area contributed by atoms with Crippen molar-refractivity contribution in [3.8, 4) is 0 Å². The Morgan fingerprint density at radius 2 is 2.07 bits per heavy atom. The molecule has 0 unspecified atom stereocenters. The quantitative estimate of drug-likeness (QED) is 0.671. The van der Waals surface area contributed by atoms with Gasteiger partial charge < -0.3 is 14.4 Å². The first-order valence-corrected chi connectivity index (χ1v) is 5.37. The largest absolute Gasteiger partial charge is 0.444 e. The molecule has 0 N–H and O–H groups in total. The lowest BCUT2D eigenvalue weighted by Gasteiger charge is -2.26. The van der Waals surface area contributed by atoms with Crippen molar-refractivity contribution in [3.05, 3.63) is 0 Å². The van der Waals surface area contributed by atoms with E-state index in [1.807, 2.05) is 20.8 Å². The Balaban J connectivity index is 2.47. The maximum atomic E-state index is 11.7. The highest BCUT2D eigenvalue weighted by Crippen LogP contribution is 2.28. The van der Waals surface area contributed by atoms with Crippen LogP contribution in [0.2, 0.25) is 0 Å². The van der Waals surface area contributed by atoms with Crippen molar-refractivity contribution >= 4 is 12.4 Å². The van der Waals surface area contributed by atoms with Crippen molar-refractivity contribution in [2.45, 2.75) is 51.7 Å². The Bertz CT molecular complexity index is 241. The molecule has 1 saturated carbocycles. The van der Waals surface area contributed by atoms with Crippen LogP contribution in [0.15, 0.2) is 0 Å². The van der Waals surface area contributed by atoms with Crippen molar-refractivity contribution in [2.24, 2.45) is 0 Å². The Morgan fingerprint density at radius 3 is 2.47 bits per heavy atom. The number of amides is 1. The van der Waals surface area contributed by atoms with E-state index >= 15 is 0 Å². The molecular weight excluding hydrogens is 194 g/mol. The summed E-state index contributed by atoms with van der Waals surface area (Å²) in [6.07, 6.45) is 2.97. The van der Waals surface area contributed by atoms with Gasteiger partial charge in [-0.15, -0.1) is 0 Å². The van der Waals surface area contributed by atoms with E-state index in [2.05, 4.69) is 0 Å². The van der Waals surface area contributed by atoms with Gasteiger partial charge in [-0.25, -0.2) is 4.79 Å². The number of ether oxygens (including phenoxy) is 1. The van der Waals surface area contributed by atoms with Crippen molar-refractivity contribution in [1.29, 1.82) is 0 Å². The van der Waals surface area contributed by atoms with E-state index < -0.39 is 5.60 Å². The average molecular weight is 213 g/mol. The lowest BCUT2D eigenvalue weighted by molar-refractivity contribution is -0.108. The van der Waals surface area contributed by atoms with Gasteiger partial charge in [0.15, 0.2) is 0 Å². The second kappa shape index (κ2) is 4.64. The zero-order valence-corrected chi connectivity index (χ0v) is 9.66. The van der Waals surface area contributed by atoms with Gasteiger partial charge in [-0.2, -0.15) is 0 Å². The molecular formula is C11H19NO3. The number of nitrogens with zero attached hydrogens (tertiary/aromatic N) is 1. The van der Waals surface area contributed by atoms with Crippen LogP contribution < -0.4 is 0 Å². The van der Waals surface area contributed by atoms with E-state index in [0.29, 0.717) is 19.0 Å². The third-order valence-electron chi connectivity index (χ3n) is 2.10. The van der Waals surface area contributed by atoms with Crippen molar-refractivity contribution in [3.63, 3.8) is 0 Å². The maximum Gasteiger partial charge on any atom is 0.410 e.